The number of benzene rings is 2. The minimum absolute atomic E-state index is 0.0646. The monoisotopic (exact) mass is 371 g/mol. The van der Waals surface area contributed by atoms with E-state index in [-0.39, 0.29) is 11.5 Å². The van der Waals surface area contributed by atoms with Crippen LogP contribution in [0.5, 0.6) is 0 Å². The second kappa shape index (κ2) is 9.44. The van der Waals surface area contributed by atoms with Gasteiger partial charge in [-0.05, 0) is 24.3 Å². The third kappa shape index (κ3) is 6.52. The minimum Gasteiger partial charge on any atom is -0.501 e. The average molecular weight is 372 g/mol. The first-order chi connectivity index (χ1) is 12.9. The molecule has 0 heterocycles. The summed E-state index contributed by atoms with van der Waals surface area (Å²) in [5.41, 5.74) is 5.60. The van der Waals surface area contributed by atoms with Crippen molar-refractivity contribution in [1.82, 2.24) is 0 Å². The minimum atomic E-state index is -1.43. The third-order valence-corrected chi connectivity index (χ3v) is 4.57. The summed E-state index contributed by atoms with van der Waals surface area (Å²) < 4.78 is 0. The molecule has 0 radical (unpaired) electrons. The van der Waals surface area contributed by atoms with Gasteiger partial charge in [-0.15, -0.1) is 11.5 Å². The smallest absolute Gasteiger partial charge is 0.404 e. The lowest BCUT2D eigenvalue weighted by molar-refractivity contribution is 0.505. The molecule has 0 aliphatic rings. The van der Waals surface area contributed by atoms with Crippen LogP contribution in [-0.2, 0) is 0 Å². The van der Waals surface area contributed by atoms with Gasteiger partial charge >= 0.3 is 5.70 Å². The van der Waals surface area contributed by atoms with E-state index in [2.05, 4.69) is 47.9 Å². The van der Waals surface area contributed by atoms with E-state index in [9.17, 15) is 10.5 Å². The Bertz CT molecular complexity index is 988. The molecule has 0 atom stereocenters. The molecule has 27 heavy (non-hydrogen) atoms. The van der Waals surface area contributed by atoms with Crippen LogP contribution in [0, 0.1) is 28.7 Å². The Hall–Kier alpha value is -3.26. The second-order valence-electron chi connectivity index (χ2n) is 7.11. The Labute approximate surface area is 162 Å². The Morgan fingerprint density at radius 2 is 1.67 bits per heavy atom. The first-order valence-corrected chi connectivity index (χ1v) is 12.3. The fraction of sp³-hybridized carbons (Fsp3) is 0.217. The standard InChI is InChI=1S/C23H22N2OSi/c1-27(2,3)18-10-9-15-22(25-24)23(26)21-14-8-7-13-20(21)17-16-19-11-5-4-6-12-19/h4-8,11-14H,9,15H2,1-3H3/p+1/b23-22+. The SMILES string of the molecule is C[Si](C)(C)C#CCC/C([N+]#N)=C(\O)c1ccccc1C#Cc1ccccc1. The largest absolute Gasteiger partial charge is 0.501 e. The van der Waals surface area contributed by atoms with Crippen molar-refractivity contribution in [2.75, 3.05) is 0 Å². The number of hydrogen-bond acceptors (Lipinski definition) is 2. The maximum absolute atomic E-state index is 10.6. The van der Waals surface area contributed by atoms with E-state index < -0.39 is 8.07 Å². The molecule has 3 nitrogen and oxygen atoms in total. The Morgan fingerprint density at radius 3 is 2.33 bits per heavy atom. The van der Waals surface area contributed by atoms with Crippen molar-refractivity contribution in [3.8, 4) is 23.3 Å². The van der Waals surface area contributed by atoms with Crippen molar-refractivity contribution in [1.29, 1.82) is 5.39 Å². The summed E-state index contributed by atoms with van der Waals surface area (Å²) in [6, 6.07) is 16.9. The fourth-order valence-electron chi connectivity index (χ4n) is 2.34. The van der Waals surface area contributed by atoms with Gasteiger partial charge in [0, 0.05) is 23.1 Å². The molecule has 4 heteroatoms. The third-order valence-electron chi connectivity index (χ3n) is 3.64. The zero-order valence-electron chi connectivity index (χ0n) is 16.0. The van der Waals surface area contributed by atoms with Crippen LogP contribution in [0.1, 0.15) is 29.5 Å². The van der Waals surface area contributed by atoms with Crippen LogP contribution in [0.3, 0.4) is 0 Å². The maximum Gasteiger partial charge on any atom is 0.404 e. The molecule has 2 aromatic rings. The molecule has 0 aromatic heterocycles. The van der Waals surface area contributed by atoms with Gasteiger partial charge in [0.1, 0.15) is 8.07 Å². The molecular weight excluding hydrogens is 348 g/mol. The number of diazo groups is 1. The lowest BCUT2D eigenvalue weighted by Crippen LogP contribution is -2.16. The summed E-state index contributed by atoms with van der Waals surface area (Å²) in [6.45, 7) is 6.52. The van der Waals surface area contributed by atoms with Crippen LogP contribution in [-0.4, -0.2) is 13.2 Å². The average Bonchev–Trinajstić information content (AvgIpc) is 2.66. The highest BCUT2D eigenvalue weighted by atomic mass is 28.3. The summed E-state index contributed by atoms with van der Waals surface area (Å²) in [7, 11) is -1.43. The number of aliphatic hydroxyl groups is 1. The first kappa shape index (κ1) is 20.1. The van der Waals surface area contributed by atoms with Crippen molar-refractivity contribution in [2.45, 2.75) is 32.5 Å². The van der Waals surface area contributed by atoms with Gasteiger partial charge in [0.25, 0.3) is 0 Å². The van der Waals surface area contributed by atoms with Gasteiger partial charge in [-0.25, -0.2) is 0 Å². The highest BCUT2D eigenvalue weighted by Crippen LogP contribution is 2.23. The summed E-state index contributed by atoms with van der Waals surface area (Å²) in [5, 5.41) is 20.0. The predicted molar refractivity (Wildman–Crippen MR) is 114 cm³/mol. The number of rotatable bonds is 3. The van der Waals surface area contributed by atoms with Crippen molar-refractivity contribution >= 4 is 13.8 Å². The van der Waals surface area contributed by atoms with Crippen molar-refractivity contribution in [3.63, 3.8) is 0 Å². The van der Waals surface area contributed by atoms with E-state index in [1.807, 2.05) is 48.5 Å². The van der Waals surface area contributed by atoms with Crippen LogP contribution in [0.2, 0.25) is 19.6 Å². The van der Waals surface area contributed by atoms with Crippen molar-refractivity contribution < 1.29 is 5.11 Å². The van der Waals surface area contributed by atoms with Crippen LogP contribution in [0.15, 0.2) is 60.3 Å². The van der Waals surface area contributed by atoms with Gasteiger partial charge in [-0.3, -0.25) is 0 Å². The molecule has 0 saturated carbocycles. The Morgan fingerprint density at radius 1 is 1.00 bits per heavy atom. The van der Waals surface area contributed by atoms with Crippen molar-refractivity contribution in [2.24, 2.45) is 0 Å². The van der Waals surface area contributed by atoms with E-state index in [0.29, 0.717) is 24.0 Å². The van der Waals surface area contributed by atoms with E-state index in [1.54, 1.807) is 6.07 Å². The van der Waals surface area contributed by atoms with Crippen molar-refractivity contribution in [3.05, 3.63) is 82.0 Å². The molecule has 0 bridgehead atoms. The maximum atomic E-state index is 10.6. The molecule has 0 fully saturated rings. The summed E-state index contributed by atoms with van der Waals surface area (Å²) in [4.78, 5) is 3.28. The van der Waals surface area contributed by atoms with Gasteiger partial charge in [-0.1, -0.05) is 61.8 Å². The van der Waals surface area contributed by atoms with E-state index in [1.165, 1.54) is 0 Å². The van der Waals surface area contributed by atoms with Gasteiger partial charge in [-0.2, -0.15) is 0 Å². The molecular formula is C23H23N2OSi+. The first-order valence-electron chi connectivity index (χ1n) is 8.84. The van der Waals surface area contributed by atoms with Gasteiger partial charge < -0.3 is 5.11 Å². The second-order valence-corrected chi connectivity index (χ2v) is 11.9. The zero-order chi connectivity index (χ0) is 19.7. The zero-order valence-corrected chi connectivity index (χ0v) is 17.0. The molecule has 2 aromatic carbocycles. The molecule has 0 saturated heterocycles. The summed E-state index contributed by atoms with van der Waals surface area (Å²) in [6.07, 6.45) is 0.909. The number of allylic oxidation sites excluding steroid dienone is 1. The molecule has 2 rings (SSSR count). The number of aliphatic hydroxyl groups excluding tert-OH is 1. The fourth-order valence-corrected chi connectivity index (χ4v) is 2.99. The normalized spacial score (nSPS) is 11.2. The van der Waals surface area contributed by atoms with Crippen LogP contribution in [0.4, 0.5) is 0 Å². The van der Waals surface area contributed by atoms with Crippen LogP contribution >= 0.6 is 0 Å². The van der Waals surface area contributed by atoms with Crippen LogP contribution < -0.4 is 0 Å². The van der Waals surface area contributed by atoms with E-state index >= 15 is 0 Å². The Kier molecular flexibility index (Phi) is 7.01. The van der Waals surface area contributed by atoms with E-state index in [0.717, 1.165) is 5.56 Å². The molecule has 1 N–H and O–H groups in total. The van der Waals surface area contributed by atoms with Crippen LogP contribution in [0.25, 0.3) is 10.7 Å². The Balaban J connectivity index is 2.30. The highest BCUT2D eigenvalue weighted by Gasteiger charge is 2.21. The number of hydrogen-bond donors (Lipinski definition) is 1. The summed E-state index contributed by atoms with van der Waals surface area (Å²) in [5.74, 6) is 9.23. The van der Waals surface area contributed by atoms with Gasteiger partial charge in [0.15, 0.2) is 4.98 Å². The molecule has 0 aliphatic heterocycles. The van der Waals surface area contributed by atoms with E-state index in [4.69, 9.17) is 0 Å². The molecule has 0 spiro atoms. The quantitative estimate of drug-likeness (QED) is 0.319. The molecule has 134 valence electrons. The van der Waals surface area contributed by atoms with Gasteiger partial charge in [0.2, 0.25) is 11.2 Å². The molecule has 0 aliphatic carbocycles. The lowest BCUT2D eigenvalue weighted by atomic mass is 10.0. The topological polar surface area (TPSA) is 48.4 Å². The highest BCUT2D eigenvalue weighted by molar-refractivity contribution is 6.83. The molecule has 0 amide bonds. The predicted octanol–water partition coefficient (Wildman–Crippen LogP) is 5.83. The lowest BCUT2D eigenvalue weighted by Gasteiger charge is -2.03. The number of nitrogens with zero attached hydrogens (tertiary/aromatic N) is 2. The molecule has 0 unspecified atom stereocenters. The summed E-state index contributed by atoms with van der Waals surface area (Å²) >= 11 is 0. The van der Waals surface area contributed by atoms with Gasteiger partial charge in [0.05, 0.1) is 6.42 Å².